The fourth-order valence-electron chi connectivity index (χ4n) is 1.40. The van der Waals surface area contributed by atoms with Gasteiger partial charge in [-0.3, -0.25) is 9.59 Å². The fourth-order valence-corrected chi connectivity index (χ4v) is 1.40. The van der Waals surface area contributed by atoms with Crippen LogP contribution in [-0.2, 0) is 9.59 Å². The fraction of sp³-hybridized carbons (Fsp3) is 0.385. The van der Waals surface area contributed by atoms with Crippen molar-refractivity contribution >= 4 is 17.6 Å². The number of anilines is 1. The van der Waals surface area contributed by atoms with Crippen LogP contribution in [0.4, 0.5) is 5.69 Å². The molecule has 0 bridgehead atoms. The van der Waals surface area contributed by atoms with Crippen LogP contribution in [0.15, 0.2) is 24.3 Å². The van der Waals surface area contributed by atoms with Gasteiger partial charge in [0.2, 0.25) is 5.91 Å². The van der Waals surface area contributed by atoms with E-state index in [9.17, 15) is 9.59 Å². The van der Waals surface area contributed by atoms with Crippen molar-refractivity contribution in [2.75, 3.05) is 5.32 Å². The lowest BCUT2D eigenvalue weighted by Crippen LogP contribution is -2.37. The highest BCUT2D eigenvalue weighted by Crippen LogP contribution is 2.17. The Labute approximate surface area is 111 Å². The number of aliphatic carboxylic acids is 1. The third kappa shape index (κ3) is 5.39. The molecule has 0 spiro atoms. The Balaban J connectivity index is 2.57. The van der Waals surface area contributed by atoms with Gasteiger partial charge in [0.15, 0.2) is 0 Å². The summed E-state index contributed by atoms with van der Waals surface area (Å²) < 4.78 is 5.46. The summed E-state index contributed by atoms with van der Waals surface area (Å²) in [4.78, 5) is 22.0. The number of carbonyl (C=O) groups is 2. The van der Waals surface area contributed by atoms with Gasteiger partial charge in [-0.25, -0.2) is 0 Å². The minimum Gasteiger partial charge on any atom is -0.491 e. The van der Waals surface area contributed by atoms with Crippen LogP contribution in [0.25, 0.3) is 0 Å². The first kappa shape index (κ1) is 15.0. The van der Waals surface area contributed by atoms with Gasteiger partial charge >= 0.3 is 5.97 Å². The Morgan fingerprint density at radius 3 is 2.37 bits per heavy atom. The van der Waals surface area contributed by atoms with Crippen molar-refractivity contribution in [1.82, 2.24) is 0 Å². The molecule has 104 valence electrons. The number of carboxylic acids is 1. The maximum absolute atomic E-state index is 11.6. The molecule has 1 aromatic carbocycles. The smallest absolute Gasteiger partial charge is 0.305 e. The number of carbonyl (C=O) groups excluding carboxylic acids is 1. The molecule has 4 N–H and O–H groups in total. The van der Waals surface area contributed by atoms with Crippen LogP contribution in [0.2, 0.25) is 0 Å². The van der Waals surface area contributed by atoms with E-state index >= 15 is 0 Å². The lowest BCUT2D eigenvalue weighted by Gasteiger charge is -2.12. The molecule has 0 aliphatic heterocycles. The van der Waals surface area contributed by atoms with E-state index in [0.717, 1.165) is 0 Å². The van der Waals surface area contributed by atoms with Crippen molar-refractivity contribution in [2.45, 2.75) is 32.4 Å². The van der Waals surface area contributed by atoms with Gasteiger partial charge in [0.05, 0.1) is 18.6 Å². The van der Waals surface area contributed by atoms with Crippen LogP contribution < -0.4 is 15.8 Å². The molecule has 1 unspecified atom stereocenters. The molecular weight excluding hydrogens is 248 g/mol. The number of amides is 1. The molecule has 0 saturated carbocycles. The van der Waals surface area contributed by atoms with Gasteiger partial charge in [0.1, 0.15) is 5.75 Å². The van der Waals surface area contributed by atoms with Crippen molar-refractivity contribution in [3.8, 4) is 5.75 Å². The van der Waals surface area contributed by atoms with Gasteiger partial charge in [-0.05, 0) is 38.1 Å². The lowest BCUT2D eigenvalue weighted by atomic mass is 10.2. The number of nitrogens with one attached hydrogen (secondary N) is 1. The van der Waals surface area contributed by atoms with Gasteiger partial charge in [-0.2, -0.15) is 0 Å². The summed E-state index contributed by atoms with van der Waals surface area (Å²) in [6.45, 7) is 3.83. The van der Waals surface area contributed by atoms with E-state index in [1.807, 2.05) is 13.8 Å². The number of rotatable bonds is 6. The van der Waals surface area contributed by atoms with Gasteiger partial charge in [0, 0.05) is 5.69 Å². The van der Waals surface area contributed by atoms with Crippen molar-refractivity contribution < 1.29 is 19.4 Å². The van der Waals surface area contributed by atoms with Crippen molar-refractivity contribution in [3.63, 3.8) is 0 Å². The maximum atomic E-state index is 11.6. The van der Waals surface area contributed by atoms with Gasteiger partial charge in [-0.1, -0.05) is 0 Å². The zero-order chi connectivity index (χ0) is 14.4. The first-order valence-corrected chi connectivity index (χ1v) is 5.93. The topological polar surface area (TPSA) is 102 Å². The van der Waals surface area contributed by atoms with Crippen LogP contribution in [-0.4, -0.2) is 29.1 Å². The number of nitrogens with two attached hydrogens (primary N) is 1. The van der Waals surface area contributed by atoms with Crippen molar-refractivity contribution in [2.24, 2.45) is 5.73 Å². The number of ether oxygens (including phenoxy) is 1. The Morgan fingerprint density at radius 2 is 1.89 bits per heavy atom. The second-order valence-corrected chi connectivity index (χ2v) is 4.38. The van der Waals surface area contributed by atoms with Gasteiger partial charge < -0.3 is 20.9 Å². The molecule has 1 rings (SSSR count). The minimum atomic E-state index is -1.11. The Hall–Kier alpha value is -2.08. The number of benzene rings is 1. The molecule has 0 aromatic heterocycles. The summed E-state index contributed by atoms with van der Waals surface area (Å²) in [5.41, 5.74) is 5.99. The highest BCUT2D eigenvalue weighted by atomic mass is 16.5. The zero-order valence-electron chi connectivity index (χ0n) is 10.9. The highest BCUT2D eigenvalue weighted by molar-refractivity contribution is 5.96. The average Bonchev–Trinajstić information content (AvgIpc) is 2.30. The summed E-state index contributed by atoms with van der Waals surface area (Å²) in [7, 11) is 0. The van der Waals surface area contributed by atoms with Crippen LogP contribution >= 0.6 is 0 Å². The summed E-state index contributed by atoms with van der Waals surface area (Å²) in [5.74, 6) is -0.939. The third-order valence-electron chi connectivity index (χ3n) is 2.22. The molecular formula is C13H18N2O4. The quantitative estimate of drug-likeness (QED) is 0.718. The van der Waals surface area contributed by atoms with E-state index in [2.05, 4.69) is 5.32 Å². The first-order valence-electron chi connectivity index (χ1n) is 5.93. The Morgan fingerprint density at radius 1 is 1.32 bits per heavy atom. The molecule has 1 aromatic rings. The molecule has 0 aliphatic rings. The van der Waals surface area contributed by atoms with Crippen molar-refractivity contribution in [3.05, 3.63) is 24.3 Å². The zero-order valence-corrected chi connectivity index (χ0v) is 10.9. The van der Waals surface area contributed by atoms with E-state index in [-0.39, 0.29) is 6.10 Å². The molecule has 1 amide bonds. The monoisotopic (exact) mass is 266 g/mol. The SMILES string of the molecule is CC(C)Oc1ccc(NC(=O)C(N)CC(=O)O)cc1. The molecule has 6 heteroatoms. The number of carboxylic acid groups (broad SMARTS) is 1. The van der Waals surface area contributed by atoms with Crippen LogP contribution in [0.3, 0.4) is 0 Å². The van der Waals surface area contributed by atoms with Crippen LogP contribution in [0.5, 0.6) is 5.75 Å². The molecule has 0 saturated heterocycles. The molecule has 6 nitrogen and oxygen atoms in total. The predicted octanol–water partition coefficient (Wildman–Crippen LogP) is 1.21. The van der Waals surface area contributed by atoms with E-state index in [4.69, 9.17) is 15.6 Å². The lowest BCUT2D eigenvalue weighted by molar-refractivity contribution is -0.138. The molecule has 0 heterocycles. The second kappa shape index (κ2) is 6.75. The highest BCUT2D eigenvalue weighted by Gasteiger charge is 2.16. The number of hydrogen-bond donors (Lipinski definition) is 3. The molecule has 0 radical (unpaired) electrons. The second-order valence-electron chi connectivity index (χ2n) is 4.38. The minimum absolute atomic E-state index is 0.0735. The van der Waals surface area contributed by atoms with E-state index in [0.29, 0.717) is 11.4 Å². The molecule has 19 heavy (non-hydrogen) atoms. The van der Waals surface area contributed by atoms with Gasteiger partial charge in [0.25, 0.3) is 0 Å². The summed E-state index contributed by atoms with van der Waals surface area (Å²) in [6.07, 6.45) is -0.329. The van der Waals surface area contributed by atoms with E-state index in [1.165, 1.54) is 0 Å². The van der Waals surface area contributed by atoms with E-state index < -0.39 is 24.3 Å². The van der Waals surface area contributed by atoms with E-state index in [1.54, 1.807) is 24.3 Å². The number of hydrogen-bond acceptors (Lipinski definition) is 4. The molecule has 0 fully saturated rings. The normalized spacial score (nSPS) is 12.0. The molecule has 0 aliphatic carbocycles. The summed E-state index contributed by atoms with van der Waals surface area (Å²) >= 11 is 0. The first-order chi connectivity index (χ1) is 8.88. The maximum Gasteiger partial charge on any atom is 0.305 e. The third-order valence-corrected chi connectivity index (χ3v) is 2.22. The Bertz CT molecular complexity index is 442. The largest absolute Gasteiger partial charge is 0.491 e. The summed E-state index contributed by atoms with van der Waals surface area (Å²) in [5, 5.41) is 11.1. The van der Waals surface area contributed by atoms with Crippen LogP contribution in [0.1, 0.15) is 20.3 Å². The van der Waals surface area contributed by atoms with Crippen molar-refractivity contribution in [1.29, 1.82) is 0 Å². The average molecular weight is 266 g/mol. The standard InChI is InChI=1S/C13H18N2O4/c1-8(2)19-10-5-3-9(4-6-10)15-13(18)11(14)7-12(16)17/h3-6,8,11H,7,14H2,1-2H3,(H,15,18)(H,16,17). The van der Waals surface area contributed by atoms with Crippen LogP contribution in [0, 0.1) is 0 Å². The Kier molecular flexibility index (Phi) is 5.32. The molecule has 1 atom stereocenters. The summed E-state index contributed by atoms with van der Waals surface area (Å²) in [6, 6.07) is 5.71. The van der Waals surface area contributed by atoms with Gasteiger partial charge in [-0.15, -0.1) is 0 Å². The predicted molar refractivity (Wildman–Crippen MR) is 71.1 cm³/mol.